The van der Waals surface area contributed by atoms with Crippen molar-refractivity contribution < 1.29 is 4.79 Å². The Bertz CT molecular complexity index is 1190. The number of carbonyl (C=O) groups excluding carboxylic acids is 1. The molecule has 4 nitrogen and oxygen atoms in total. The molecule has 2 heterocycles. The zero-order valence-corrected chi connectivity index (χ0v) is 18.5. The predicted octanol–water partition coefficient (Wildman–Crippen LogP) is 6.52. The van der Waals surface area contributed by atoms with E-state index in [9.17, 15) is 4.79 Å². The summed E-state index contributed by atoms with van der Waals surface area (Å²) < 4.78 is 2.34. The Morgan fingerprint density at radius 3 is 2.58 bits per heavy atom. The summed E-state index contributed by atoms with van der Waals surface area (Å²) in [5, 5.41) is 5.48. The minimum Gasteiger partial charge on any atom is -0.312 e. The van der Waals surface area contributed by atoms with E-state index in [4.69, 9.17) is 0 Å². The summed E-state index contributed by atoms with van der Waals surface area (Å²) in [4.78, 5) is 18.3. The highest BCUT2D eigenvalue weighted by Crippen LogP contribution is 2.35. The molecule has 0 radical (unpaired) electrons. The van der Waals surface area contributed by atoms with Gasteiger partial charge >= 0.3 is 0 Å². The first kappa shape index (κ1) is 19.8. The summed E-state index contributed by atoms with van der Waals surface area (Å²) >= 11 is 3.16. The Morgan fingerprint density at radius 1 is 0.968 bits per heavy atom. The van der Waals surface area contributed by atoms with Crippen LogP contribution < -0.4 is 9.62 Å². The van der Waals surface area contributed by atoms with E-state index in [2.05, 4.69) is 38.9 Å². The number of aryl methyl sites for hydroxylation is 1. The molecule has 0 spiro atoms. The summed E-state index contributed by atoms with van der Waals surface area (Å²) in [7, 11) is 0. The van der Waals surface area contributed by atoms with Crippen molar-refractivity contribution in [3.05, 3.63) is 95.4 Å². The van der Waals surface area contributed by atoms with Gasteiger partial charge in [-0.2, -0.15) is 0 Å². The molecule has 0 fully saturated rings. The second kappa shape index (κ2) is 8.96. The third-order valence-corrected chi connectivity index (χ3v) is 7.03. The van der Waals surface area contributed by atoms with Crippen molar-refractivity contribution in [2.45, 2.75) is 17.7 Å². The fourth-order valence-corrected chi connectivity index (χ4v) is 5.35. The molecule has 0 saturated heterocycles. The summed E-state index contributed by atoms with van der Waals surface area (Å²) in [6.07, 6.45) is 2.29. The fraction of sp³-hybridized carbons (Fsp3) is 0.120. The van der Waals surface area contributed by atoms with E-state index in [1.807, 2.05) is 60.0 Å². The molecule has 1 aromatic heterocycles. The minimum atomic E-state index is -0.145. The fourth-order valence-electron chi connectivity index (χ4n) is 3.63. The lowest BCUT2D eigenvalue weighted by Crippen LogP contribution is -2.22. The lowest BCUT2D eigenvalue weighted by atomic mass is 10.0. The van der Waals surface area contributed by atoms with Crippen LogP contribution in [0.1, 0.15) is 22.3 Å². The molecule has 1 aliphatic rings. The standard InChI is InChI=1S/C25H21N3OS2/c29-24(27-25-26-22(17-30-25)18-7-2-1-3-8-18)20-12-14-21(15-13-20)31-28-16-6-10-19-9-4-5-11-23(19)28/h1-5,7-9,11-15,17H,6,10,16H2,(H,26,27,29). The van der Waals surface area contributed by atoms with Crippen LogP contribution in [0.4, 0.5) is 10.8 Å². The van der Waals surface area contributed by atoms with Crippen molar-refractivity contribution in [2.75, 3.05) is 16.2 Å². The molecule has 0 saturated carbocycles. The molecule has 3 aromatic carbocycles. The highest BCUT2D eigenvalue weighted by molar-refractivity contribution is 8.00. The summed E-state index contributed by atoms with van der Waals surface area (Å²) in [6.45, 7) is 1.03. The summed E-state index contributed by atoms with van der Waals surface area (Å²) in [6, 6.07) is 26.3. The van der Waals surface area contributed by atoms with Crippen LogP contribution in [0.15, 0.2) is 89.1 Å². The van der Waals surface area contributed by atoms with Crippen LogP contribution in [0, 0.1) is 0 Å². The normalized spacial score (nSPS) is 13.0. The van der Waals surface area contributed by atoms with Crippen LogP contribution in [-0.2, 0) is 6.42 Å². The van der Waals surface area contributed by atoms with Crippen LogP contribution in [0.5, 0.6) is 0 Å². The van der Waals surface area contributed by atoms with E-state index in [0.29, 0.717) is 10.7 Å². The number of para-hydroxylation sites is 1. The lowest BCUT2D eigenvalue weighted by molar-refractivity contribution is 0.102. The van der Waals surface area contributed by atoms with Gasteiger partial charge in [-0.3, -0.25) is 10.1 Å². The zero-order valence-electron chi connectivity index (χ0n) is 16.8. The number of thiazole rings is 1. The third kappa shape index (κ3) is 4.50. The molecule has 0 unspecified atom stereocenters. The second-order valence-corrected chi connectivity index (χ2v) is 9.26. The maximum Gasteiger partial charge on any atom is 0.257 e. The van der Waals surface area contributed by atoms with Gasteiger partial charge in [-0.25, -0.2) is 4.98 Å². The molecule has 0 atom stereocenters. The minimum absolute atomic E-state index is 0.145. The van der Waals surface area contributed by atoms with Crippen molar-refractivity contribution in [2.24, 2.45) is 0 Å². The van der Waals surface area contributed by atoms with E-state index >= 15 is 0 Å². The van der Waals surface area contributed by atoms with Gasteiger partial charge in [-0.1, -0.05) is 48.5 Å². The first-order valence-corrected chi connectivity index (χ1v) is 11.9. The van der Waals surface area contributed by atoms with Crippen LogP contribution in [0.25, 0.3) is 11.3 Å². The van der Waals surface area contributed by atoms with Crippen molar-refractivity contribution in [3.8, 4) is 11.3 Å². The molecule has 1 N–H and O–H groups in total. The van der Waals surface area contributed by atoms with Gasteiger partial charge in [0.1, 0.15) is 0 Å². The number of benzene rings is 3. The first-order chi connectivity index (χ1) is 15.3. The maximum atomic E-state index is 12.7. The summed E-state index contributed by atoms with van der Waals surface area (Å²) in [5.41, 5.74) is 5.23. The topological polar surface area (TPSA) is 45.2 Å². The van der Waals surface area contributed by atoms with Gasteiger partial charge in [-0.15, -0.1) is 11.3 Å². The van der Waals surface area contributed by atoms with Gasteiger partial charge in [0.25, 0.3) is 5.91 Å². The molecule has 0 bridgehead atoms. The zero-order chi connectivity index (χ0) is 21.0. The number of nitrogens with one attached hydrogen (secondary N) is 1. The van der Waals surface area contributed by atoms with E-state index in [-0.39, 0.29) is 5.91 Å². The molecular formula is C25H21N3OS2. The van der Waals surface area contributed by atoms with Crippen LogP contribution in [-0.4, -0.2) is 17.4 Å². The third-order valence-electron chi connectivity index (χ3n) is 5.19. The molecule has 1 aliphatic heterocycles. The number of amides is 1. The number of fused-ring (bicyclic) bond motifs is 1. The van der Waals surface area contributed by atoms with Gasteiger partial charge in [-0.05, 0) is 60.7 Å². The van der Waals surface area contributed by atoms with Gasteiger partial charge in [0.15, 0.2) is 5.13 Å². The van der Waals surface area contributed by atoms with Crippen molar-refractivity contribution in [1.82, 2.24) is 4.98 Å². The molecule has 4 aromatic rings. The second-order valence-electron chi connectivity index (χ2n) is 7.31. The van der Waals surface area contributed by atoms with E-state index in [0.717, 1.165) is 35.5 Å². The highest BCUT2D eigenvalue weighted by Gasteiger charge is 2.17. The van der Waals surface area contributed by atoms with Crippen molar-refractivity contribution in [1.29, 1.82) is 0 Å². The first-order valence-electron chi connectivity index (χ1n) is 10.2. The van der Waals surface area contributed by atoms with Crippen LogP contribution >= 0.6 is 23.3 Å². The van der Waals surface area contributed by atoms with Crippen molar-refractivity contribution >= 4 is 40.0 Å². The Labute approximate surface area is 190 Å². The van der Waals surface area contributed by atoms with Gasteiger partial charge in [0.2, 0.25) is 0 Å². The molecule has 154 valence electrons. The van der Waals surface area contributed by atoms with Gasteiger partial charge < -0.3 is 4.31 Å². The van der Waals surface area contributed by atoms with E-state index in [1.165, 1.54) is 22.6 Å². The van der Waals surface area contributed by atoms with E-state index in [1.54, 1.807) is 11.9 Å². The molecule has 0 aliphatic carbocycles. The van der Waals surface area contributed by atoms with Crippen LogP contribution in [0.3, 0.4) is 0 Å². The number of carbonyl (C=O) groups is 1. The maximum absolute atomic E-state index is 12.7. The Morgan fingerprint density at radius 2 is 1.74 bits per heavy atom. The Hall–Kier alpha value is -3.09. The SMILES string of the molecule is O=C(Nc1nc(-c2ccccc2)cs1)c1ccc(SN2CCCc3ccccc32)cc1. The highest BCUT2D eigenvalue weighted by atomic mass is 32.2. The van der Waals surface area contributed by atoms with Crippen LogP contribution in [0.2, 0.25) is 0 Å². The number of nitrogens with zero attached hydrogens (tertiary/aromatic N) is 2. The molecule has 31 heavy (non-hydrogen) atoms. The number of rotatable bonds is 5. The monoisotopic (exact) mass is 443 g/mol. The molecule has 6 heteroatoms. The molecule has 1 amide bonds. The number of hydrogen-bond acceptors (Lipinski definition) is 5. The van der Waals surface area contributed by atoms with Gasteiger partial charge in [0, 0.05) is 27.9 Å². The number of hydrogen-bond donors (Lipinski definition) is 1. The average Bonchev–Trinajstić information content (AvgIpc) is 3.29. The average molecular weight is 444 g/mol. The number of aromatic nitrogens is 1. The Balaban J connectivity index is 1.24. The van der Waals surface area contributed by atoms with Crippen molar-refractivity contribution in [3.63, 3.8) is 0 Å². The molecular weight excluding hydrogens is 422 g/mol. The summed E-state index contributed by atoms with van der Waals surface area (Å²) in [5.74, 6) is -0.145. The predicted molar refractivity (Wildman–Crippen MR) is 130 cm³/mol. The Kier molecular flexibility index (Phi) is 5.74. The largest absolute Gasteiger partial charge is 0.312 e. The van der Waals surface area contributed by atoms with E-state index < -0.39 is 0 Å². The number of anilines is 2. The quantitative estimate of drug-likeness (QED) is 0.357. The lowest BCUT2D eigenvalue weighted by Gasteiger charge is -2.29. The molecule has 5 rings (SSSR count). The smallest absolute Gasteiger partial charge is 0.257 e. The van der Waals surface area contributed by atoms with Gasteiger partial charge in [0.05, 0.1) is 11.4 Å².